The van der Waals surface area contributed by atoms with E-state index in [1.165, 1.54) is 0 Å². The lowest BCUT2D eigenvalue weighted by atomic mass is 9.84. The molecular formula is C60H127N15O26S. The van der Waals surface area contributed by atoms with E-state index in [9.17, 15) is 46.0 Å². The Morgan fingerprint density at radius 1 is 0.431 bits per heavy atom. The van der Waals surface area contributed by atoms with Crippen LogP contribution in [0.25, 0.3) is 0 Å². The highest BCUT2D eigenvalue weighted by Crippen LogP contribution is 2.36. The van der Waals surface area contributed by atoms with Crippen LogP contribution in [-0.2, 0) is 67.2 Å². The fraction of sp³-hybridized carbons (Fsp3) is 1.00. The molecule has 0 spiro atoms. The first-order valence-electron chi connectivity index (χ1n) is 34.7. The van der Waals surface area contributed by atoms with E-state index in [0.29, 0.717) is 45.1 Å². The topological polar surface area (TPSA) is 733 Å². The van der Waals surface area contributed by atoms with E-state index in [1.54, 1.807) is 41.9 Å². The molecular weight excluding hydrogens is 1380 g/mol. The quantitative estimate of drug-likeness (QED) is 0.0534. The number of hydrogen-bond donors (Lipinski definition) is 26. The average Bonchev–Trinajstić information content (AvgIpc) is 0.788. The average molecular weight is 1510 g/mol. The van der Waals surface area contributed by atoms with Crippen molar-refractivity contribution in [1.82, 2.24) is 21.3 Å². The van der Waals surface area contributed by atoms with Crippen molar-refractivity contribution in [3.8, 4) is 0 Å². The highest BCUT2D eigenvalue weighted by molar-refractivity contribution is 7.79. The van der Waals surface area contributed by atoms with Crippen molar-refractivity contribution >= 4 is 10.4 Å². The van der Waals surface area contributed by atoms with Crippen LogP contribution in [0.2, 0.25) is 0 Å². The standard InChI is InChI=1S/C21H43N5O7.C20H41N5O7.C19H39N5O7.H2O4S.H2O/c1-9(25-3)13-6-5-10(22)19(31-13)32-16-11(23)7-12(24)17(14(16)27)33-20-15(28)18(26-4)21(2,29)8-30-20;1-8(21)12-5-4-9(22)18(30-12)31-15-10(23)6-11(24)16(13(15)26)32-19-14(27)17(25-3)20(2,28)7-29-19;1-19(27)7-28-18(13(26)16(19)24-2)31-15-11(23)5-10(22)14(12(15)25)30-17-9(21)4-3-8(6-20)29-17;1-5(2,3)4;/h9-20,25-29H,5-8,22-24H2,1-4H3;8-19,25-28H,4-7,21-24H2,1-3H3;8-18,24-27H,3-7,20-23H2,1-2H3;(H2,1,2,3,4);1H2/t9-,10-,11+,12-,13-,14+,15-,16-,17+,18-,19-,20-,21+;8-,9-,10+,11-,12-,13+,14-,15-,16+,17-,18-,19-,20+;8-,9+,10-,11+,12-,13+,14+,15-,16+,17+,18+,19-;;/m110../s1. The lowest BCUT2D eigenvalue weighted by Crippen LogP contribution is -2.68. The van der Waals surface area contributed by atoms with Crippen LogP contribution < -0.4 is 84.3 Å². The molecule has 3 aliphatic carbocycles. The van der Waals surface area contributed by atoms with Gasteiger partial charge in [0.25, 0.3) is 0 Å². The number of ether oxygens (including phenoxy) is 12. The Labute approximate surface area is 596 Å². The Morgan fingerprint density at radius 2 is 0.686 bits per heavy atom. The summed E-state index contributed by atoms with van der Waals surface area (Å²) >= 11 is 0. The highest BCUT2D eigenvalue weighted by Gasteiger charge is 2.55. The van der Waals surface area contributed by atoms with Crippen LogP contribution in [-0.4, -0.2) is 354 Å². The fourth-order valence-electron chi connectivity index (χ4n) is 14.6. The molecule has 0 unspecified atom stereocenters. The van der Waals surface area contributed by atoms with Gasteiger partial charge in [0.2, 0.25) is 0 Å². The van der Waals surface area contributed by atoms with Crippen LogP contribution in [0.15, 0.2) is 0 Å². The molecule has 0 amide bonds. The summed E-state index contributed by atoms with van der Waals surface area (Å²) in [7, 11) is 2.07. The third-order valence-electron chi connectivity index (χ3n) is 20.6. The molecule has 604 valence electrons. The summed E-state index contributed by atoms with van der Waals surface area (Å²) in [5.74, 6) is 0. The Balaban J connectivity index is 0.000000265. The van der Waals surface area contributed by atoms with E-state index in [-0.39, 0.29) is 73.8 Å². The molecule has 6 aliphatic heterocycles. The fourth-order valence-corrected chi connectivity index (χ4v) is 14.6. The van der Waals surface area contributed by atoms with Gasteiger partial charge in [-0.15, -0.1) is 0 Å². The molecule has 0 radical (unpaired) electrons. The summed E-state index contributed by atoms with van der Waals surface area (Å²) in [5.41, 5.74) is 63.8. The number of likely N-dealkylation sites (N-methyl/N-ethyl adjacent to an activating group) is 4. The van der Waals surface area contributed by atoms with E-state index < -0.39 is 193 Å². The van der Waals surface area contributed by atoms with Gasteiger partial charge in [-0.1, -0.05) is 0 Å². The first-order chi connectivity index (χ1) is 47.0. The van der Waals surface area contributed by atoms with Crippen molar-refractivity contribution in [2.24, 2.45) is 63.1 Å². The molecule has 6 heterocycles. The SMILES string of the molecule is CN[C@@H]1[C@@H](O)[C@@H](O[C@@H]2[C@@H](O)[C@H](O[C@H]3O[C@@H]([C@@H](C)N)CC[C@H]3N)[C@@H](N)C[C@H]2N)OC[C@]1(C)O.CN[C@@H]1[C@@H](O)[C@@H](O[C@@H]2[C@@H](O)[C@H](O[C@H]3O[C@@H]([C@@H](C)NC)CC[C@H]3N)[C@@H](N)C[C@H]2N)OC[C@]1(C)O.CN[C@@H]1[C@@H](O)[C@@H](O[C@@H]2[C@@H](O)[C@H](O[C@H]3O[C@H](CN)CC[C@H]3N)[C@@H](N)C[C@H]2N)OC[C@]1(C)O.O.O=S(=O)(O)O. The van der Waals surface area contributed by atoms with Gasteiger partial charge in [-0.3, -0.25) is 9.11 Å². The maximum atomic E-state index is 11.1. The van der Waals surface area contributed by atoms with Crippen LogP contribution in [0.4, 0.5) is 0 Å². The van der Waals surface area contributed by atoms with Crippen molar-refractivity contribution < 1.29 is 126 Å². The number of hydrogen-bond acceptors (Lipinski definition) is 38. The zero-order chi connectivity index (χ0) is 75.7. The Kier molecular flexibility index (Phi) is 35.1. The van der Waals surface area contributed by atoms with Gasteiger partial charge in [0.15, 0.2) is 37.7 Å². The van der Waals surface area contributed by atoms with Gasteiger partial charge in [0, 0.05) is 54.9 Å². The van der Waals surface area contributed by atoms with Crippen molar-refractivity contribution in [2.75, 3.05) is 54.6 Å². The summed E-state index contributed by atoms with van der Waals surface area (Å²) < 4.78 is 102. The zero-order valence-corrected chi connectivity index (χ0v) is 60.6. The van der Waals surface area contributed by atoms with Crippen LogP contribution in [0.5, 0.6) is 0 Å². The molecule has 38 atom stereocenters. The molecule has 9 fully saturated rings. The smallest absolute Gasteiger partial charge is 0.394 e. The third kappa shape index (κ3) is 23.5. The normalized spacial score (nSPS) is 48.6. The molecule has 0 bridgehead atoms. The molecule has 0 aromatic carbocycles. The summed E-state index contributed by atoms with van der Waals surface area (Å²) in [6.07, 6.45) is -13.3. The second-order valence-electron chi connectivity index (χ2n) is 29.2. The van der Waals surface area contributed by atoms with Gasteiger partial charge in [-0.25, -0.2) is 0 Å². The third-order valence-corrected chi connectivity index (χ3v) is 20.6. The van der Waals surface area contributed by atoms with Crippen molar-refractivity contribution in [1.29, 1.82) is 0 Å². The van der Waals surface area contributed by atoms with Gasteiger partial charge >= 0.3 is 10.4 Å². The van der Waals surface area contributed by atoms with Crippen molar-refractivity contribution in [3.63, 3.8) is 0 Å². The Bertz CT molecular complexity index is 2560. The second kappa shape index (κ2) is 39.3. The highest BCUT2D eigenvalue weighted by atomic mass is 32.3. The number of aliphatic hydroxyl groups is 9. The van der Waals surface area contributed by atoms with E-state index in [4.69, 9.17) is 137 Å². The van der Waals surface area contributed by atoms with Gasteiger partial charge in [-0.2, -0.15) is 8.42 Å². The minimum absolute atomic E-state index is 0. The molecule has 9 rings (SSSR count). The summed E-state index contributed by atoms with van der Waals surface area (Å²) in [6, 6.07) is -6.84. The zero-order valence-electron chi connectivity index (χ0n) is 59.8. The van der Waals surface area contributed by atoms with Crippen molar-refractivity contribution in [2.45, 2.75) is 323 Å². The molecule has 0 aromatic rings. The molecule has 42 heteroatoms. The van der Waals surface area contributed by atoms with Gasteiger partial charge in [0.1, 0.15) is 90.1 Å². The predicted molar refractivity (Wildman–Crippen MR) is 363 cm³/mol. The molecule has 39 N–H and O–H groups in total. The van der Waals surface area contributed by atoms with Crippen LogP contribution in [0.3, 0.4) is 0 Å². The molecule has 102 heavy (non-hydrogen) atoms. The van der Waals surface area contributed by atoms with Gasteiger partial charge in [0.05, 0.1) is 74.4 Å². The van der Waals surface area contributed by atoms with Crippen LogP contribution in [0, 0.1) is 0 Å². The number of aliphatic hydroxyl groups excluding tert-OH is 6. The van der Waals surface area contributed by atoms with Crippen LogP contribution in [0.1, 0.15) is 92.4 Å². The summed E-state index contributed by atoms with van der Waals surface area (Å²) in [5, 5.41) is 108. The minimum atomic E-state index is -4.67. The van der Waals surface area contributed by atoms with Crippen LogP contribution >= 0.6 is 0 Å². The monoisotopic (exact) mass is 1510 g/mol. The second-order valence-corrected chi connectivity index (χ2v) is 30.1. The van der Waals surface area contributed by atoms with E-state index in [2.05, 4.69) is 21.3 Å². The minimum Gasteiger partial charge on any atom is -0.412 e. The number of nitrogens with one attached hydrogen (secondary N) is 4. The number of rotatable bonds is 19. The maximum Gasteiger partial charge on any atom is 0.394 e. The first kappa shape index (κ1) is 91.0. The van der Waals surface area contributed by atoms with Gasteiger partial charge < -0.3 is 193 Å². The van der Waals surface area contributed by atoms with E-state index in [1.807, 2.05) is 20.9 Å². The molecule has 3 saturated carbocycles. The predicted octanol–water partition coefficient (Wildman–Crippen LogP) is -12.4. The lowest BCUT2D eigenvalue weighted by molar-refractivity contribution is -0.307. The molecule has 0 aromatic heterocycles. The summed E-state index contributed by atoms with van der Waals surface area (Å²) in [6.45, 7) is 8.70. The molecule has 9 aliphatic rings. The van der Waals surface area contributed by atoms with Gasteiger partial charge in [-0.05, 0) is 121 Å². The molecule has 41 nitrogen and oxygen atoms in total. The van der Waals surface area contributed by atoms with Crippen molar-refractivity contribution in [3.05, 3.63) is 0 Å². The van der Waals surface area contributed by atoms with E-state index >= 15 is 0 Å². The first-order valence-corrected chi connectivity index (χ1v) is 36.1. The Hall–Kier alpha value is -1.61. The Morgan fingerprint density at radius 3 is 0.951 bits per heavy atom. The largest absolute Gasteiger partial charge is 0.412 e. The molecule has 6 saturated heterocycles. The summed E-state index contributed by atoms with van der Waals surface area (Å²) in [4.78, 5) is 0. The number of nitrogens with two attached hydrogens (primary N) is 11. The van der Waals surface area contributed by atoms with E-state index in [0.717, 1.165) is 19.3 Å². The lowest BCUT2D eigenvalue weighted by Gasteiger charge is -2.48. The maximum absolute atomic E-state index is 11.1.